The van der Waals surface area contributed by atoms with E-state index >= 15 is 0 Å². The first-order valence-electron chi connectivity index (χ1n) is 6.63. The number of carbonyl (C=O) groups is 2. The molecule has 7 heteroatoms. The van der Waals surface area contributed by atoms with E-state index in [-0.39, 0.29) is 36.6 Å². The van der Waals surface area contributed by atoms with E-state index < -0.39 is 6.61 Å². The first-order chi connectivity index (χ1) is 10.0. The van der Waals surface area contributed by atoms with Crippen molar-refractivity contribution < 1.29 is 23.1 Å². The van der Waals surface area contributed by atoms with Crippen molar-refractivity contribution in [2.45, 2.75) is 26.0 Å². The van der Waals surface area contributed by atoms with E-state index in [2.05, 4.69) is 15.4 Å². The van der Waals surface area contributed by atoms with Crippen LogP contribution in [0.25, 0.3) is 0 Å². The number of halogens is 2. The predicted molar refractivity (Wildman–Crippen MR) is 70.7 cm³/mol. The minimum atomic E-state index is -2.86. The second-order valence-electron chi connectivity index (χ2n) is 4.79. The van der Waals surface area contributed by atoms with Crippen molar-refractivity contribution in [1.29, 1.82) is 0 Å². The summed E-state index contributed by atoms with van der Waals surface area (Å²) in [4.78, 5) is 22.9. The van der Waals surface area contributed by atoms with Gasteiger partial charge < -0.3 is 15.4 Å². The van der Waals surface area contributed by atoms with E-state index in [1.807, 2.05) is 0 Å². The minimum absolute atomic E-state index is 0.0537. The molecule has 2 rings (SSSR count). The molecule has 0 atom stereocenters. The van der Waals surface area contributed by atoms with Gasteiger partial charge in [0, 0.05) is 12.5 Å². The highest BCUT2D eigenvalue weighted by Gasteiger charge is 2.29. The zero-order chi connectivity index (χ0) is 15.2. The van der Waals surface area contributed by atoms with Gasteiger partial charge in [0.15, 0.2) is 0 Å². The third-order valence-corrected chi connectivity index (χ3v) is 3.01. The summed E-state index contributed by atoms with van der Waals surface area (Å²) in [5.41, 5.74) is 0.749. The zero-order valence-corrected chi connectivity index (χ0v) is 11.3. The van der Waals surface area contributed by atoms with Gasteiger partial charge in [-0.25, -0.2) is 0 Å². The average Bonchev–Trinajstić information content (AvgIpc) is 3.28. The molecule has 21 heavy (non-hydrogen) atoms. The number of nitrogens with one attached hydrogen (secondary N) is 2. The first kappa shape index (κ1) is 15.2. The van der Waals surface area contributed by atoms with Crippen molar-refractivity contribution >= 4 is 11.8 Å². The lowest BCUT2D eigenvalue weighted by Gasteiger charge is -2.08. The smallest absolute Gasteiger partial charge is 0.387 e. The maximum absolute atomic E-state index is 12.0. The van der Waals surface area contributed by atoms with E-state index in [1.54, 1.807) is 12.1 Å². The highest BCUT2D eigenvalue weighted by atomic mass is 19.3. The molecule has 1 aromatic rings. The Kier molecular flexibility index (Phi) is 5.08. The van der Waals surface area contributed by atoms with Crippen LogP contribution < -0.4 is 15.4 Å². The molecule has 0 heterocycles. The standard InChI is InChI=1S/C14H16F2N2O3/c15-14(16)21-11-5-1-9(2-6-11)7-17-12(19)8-18-13(20)10-3-4-10/h1-2,5-6,10,14H,3-4,7-8H2,(H,17,19)(H,18,20). The summed E-state index contributed by atoms with van der Waals surface area (Å²) in [6, 6.07) is 5.98. The molecule has 0 bridgehead atoms. The van der Waals surface area contributed by atoms with Crippen molar-refractivity contribution in [1.82, 2.24) is 10.6 Å². The molecule has 5 nitrogen and oxygen atoms in total. The summed E-state index contributed by atoms with van der Waals surface area (Å²) in [7, 11) is 0. The number of benzene rings is 1. The van der Waals surface area contributed by atoms with Gasteiger partial charge in [-0.2, -0.15) is 8.78 Å². The molecule has 0 radical (unpaired) electrons. The Balaban J connectivity index is 1.69. The highest BCUT2D eigenvalue weighted by molar-refractivity contribution is 5.86. The predicted octanol–water partition coefficient (Wildman–Crippen LogP) is 1.43. The van der Waals surface area contributed by atoms with Gasteiger partial charge in [0.2, 0.25) is 11.8 Å². The van der Waals surface area contributed by atoms with Crippen molar-refractivity contribution in [2.24, 2.45) is 5.92 Å². The minimum Gasteiger partial charge on any atom is -0.435 e. The van der Waals surface area contributed by atoms with Gasteiger partial charge in [-0.15, -0.1) is 0 Å². The van der Waals surface area contributed by atoms with Crippen LogP contribution in [0.1, 0.15) is 18.4 Å². The monoisotopic (exact) mass is 298 g/mol. The SMILES string of the molecule is O=C(CNC(=O)C1CC1)NCc1ccc(OC(F)F)cc1. The summed E-state index contributed by atoms with van der Waals surface area (Å²) in [5, 5.41) is 5.19. The Morgan fingerprint density at radius 3 is 2.43 bits per heavy atom. The number of hydrogen-bond acceptors (Lipinski definition) is 3. The fourth-order valence-corrected chi connectivity index (χ4v) is 1.71. The lowest BCUT2D eigenvalue weighted by atomic mass is 10.2. The van der Waals surface area contributed by atoms with Gasteiger partial charge in [-0.3, -0.25) is 9.59 Å². The van der Waals surface area contributed by atoms with Gasteiger partial charge in [-0.05, 0) is 30.5 Å². The van der Waals surface area contributed by atoms with Crippen LogP contribution in [0.4, 0.5) is 8.78 Å². The summed E-state index contributed by atoms with van der Waals surface area (Å²) in [6.07, 6.45) is 1.78. The van der Waals surface area contributed by atoms with Crippen molar-refractivity contribution in [3.05, 3.63) is 29.8 Å². The van der Waals surface area contributed by atoms with Crippen LogP contribution in [-0.2, 0) is 16.1 Å². The number of amides is 2. The Morgan fingerprint density at radius 1 is 1.19 bits per heavy atom. The molecule has 1 aromatic carbocycles. The molecular weight excluding hydrogens is 282 g/mol. The quantitative estimate of drug-likeness (QED) is 0.800. The number of ether oxygens (including phenoxy) is 1. The molecule has 0 unspecified atom stereocenters. The fourth-order valence-electron chi connectivity index (χ4n) is 1.71. The Hall–Kier alpha value is -2.18. The molecule has 1 saturated carbocycles. The van der Waals surface area contributed by atoms with E-state index in [0.717, 1.165) is 18.4 Å². The van der Waals surface area contributed by atoms with Crippen molar-refractivity contribution in [3.63, 3.8) is 0 Å². The van der Waals surface area contributed by atoms with Gasteiger partial charge in [0.1, 0.15) is 5.75 Å². The summed E-state index contributed by atoms with van der Waals surface area (Å²) >= 11 is 0. The maximum atomic E-state index is 12.0. The number of rotatable bonds is 7. The molecule has 114 valence electrons. The topological polar surface area (TPSA) is 67.4 Å². The summed E-state index contributed by atoms with van der Waals surface area (Å²) in [6.45, 7) is -2.65. The number of hydrogen-bond donors (Lipinski definition) is 2. The van der Waals surface area contributed by atoms with Crippen LogP contribution in [0.2, 0.25) is 0 Å². The fraction of sp³-hybridized carbons (Fsp3) is 0.429. The second kappa shape index (κ2) is 7.01. The molecule has 1 aliphatic carbocycles. The molecule has 1 aliphatic rings. The van der Waals surface area contributed by atoms with Crippen LogP contribution in [0.5, 0.6) is 5.75 Å². The Morgan fingerprint density at radius 2 is 1.86 bits per heavy atom. The van der Waals surface area contributed by atoms with Crippen LogP contribution in [-0.4, -0.2) is 25.0 Å². The first-order valence-corrected chi connectivity index (χ1v) is 6.63. The van der Waals surface area contributed by atoms with Crippen LogP contribution in [0, 0.1) is 5.92 Å². The van der Waals surface area contributed by atoms with Crippen LogP contribution in [0.3, 0.4) is 0 Å². The normalized spacial score (nSPS) is 13.9. The Bertz CT molecular complexity index is 501. The lowest BCUT2D eigenvalue weighted by Crippen LogP contribution is -2.37. The molecule has 0 saturated heterocycles. The van der Waals surface area contributed by atoms with E-state index in [1.165, 1.54) is 12.1 Å². The molecular formula is C14H16F2N2O3. The van der Waals surface area contributed by atoms with Gasteiger partial charge in [0.05, 0.1) is 6.54 Å². The number of carbonyl (C=O) groups excluding carboxylic acids is 2. The van der Waals surface area contributed by atoms with E-state index in [4.69, 9.17) is 0 Å². The van der Waals surface area contributed by atoms with Crippen molar-refractivity contribution in [3.8, 4) is 5.75 Å². The zero-order valence-electron chi connectivity index (χ0n) is 11.3. The summed E-state index contributed by atoms with van der Waals surface area (Å²) < 4.78 is 28.2. The third-order valence-electron chi connectivity index (χ3n) is 3.01. The van der Waals surface area contributed by atoms with Crippen LogP contribution in [0.15, 0.2) is 24.3 Å². The average molecular weight is 298 g/mol. The van der Waals surface area contributed by atoms with Gasteiger partial charge in [0.25, 0.3) is 0 Å². The lowest BCUT2D eigenvalue weighted by molar-refractivity contribution is -0.126. The second-order valence-corrected chi connectivity index (χ2v) is 4.79. The third kappa shape index (κ3) is 5.37. The van der Waals surface area contributed by atoms with E-state index in [0.29, 0.717) is 0 Å². The molecule has 1 fully saturated rings. The van der Waals surface area contributed by atoms with E-state index in [9.17, 15) is 18.4 Å². The maximum Gasteiger partial charge on any atom is 0.387 e. The molecule has 0 aliphatic heterocycles. The molecule has 2 N–H and O–H groups in total. The Labute approximate surface area is 120 Å². The largest absolute Gasteiger partial charge is 0.435 e. The molecule has 0 aromatic heterocycles. The molecule has 0 spiro atoms. The van der Waals surface area contributed by atoms with Crippen molar-refractivity contribution in [2.75, 3.05) is 6.54 Å². The van der Waals surface area contributed by atoms with Gasteiger partial charge in [-0.1, -0.05) is 12.1 Å². The highest BCUT2D eigenvalue weighted by Crippen LogP contribution is 2.28. The van der Waals surface area contributed by atoms with Gasteiger partial charge >= 0.3 is 6.61 Å². The summed E-state index contributed by atoms with van der Waals surface area (Å²) in [5.74, 6) is -0.243. The number of alkyl halides is 2. The molecule has 2 amide bonds. The van der Waals surface area contributed by atoms with Crippen LogP contribution >= 0.6 is 0 Å².